The molecule has 0 aliphatic rings. The number of hydrogen-bond acceptors (Lipinski definition) is 3. The van der Waals surface area contributed by atoms with E-state index in [1.54, 1.807) is 6.07 Å². The molecule has 0 saturated carbocycles. The molecule has 20 heavy (non-hydrogen) atoms. The van der Waals surface area contributed by atoms with E-state index in [0.717, 1.165) is 24.8 Å². The lowest BCUT2D eigenvalue weighted by molar-refractivity contribution is -0.119. The SMILES string of the molecule is CC(=O)NC(C)CCCC(C)(C)c1cc(O)ccc1O. The summed E-state index contributed by atoms with van der Waals surface area (Å²) in [5.74, 6) is 0.364. The Balaban J connectivity index is 2.61. The first-order valence-electron chi connectivity index (χ1n) is 7.02. The van der Waals surface area contributed by atoms with E-state index in [0.29, 0.717) is 0 Å². The monoisotopic (exact) mass is 279 g/mol. The van der Waals surface area contributed by atoms with Gasteiger partial charge in [0.05, 0.1) is 0 Å². The van der Waals surface area contributed by atoms with Crippen molar-refractivity contribution in [2.24, 2.45) is 0 Å². The van der Waals surface area contributed by atoms with Crippen LogP contribution in [0.15, 0.2) is 18.2 Å². The van der Waals surface area contributed by atoms with Crippen LogP contribution in [0.5, 0.6) is 11.5 Å². The first kappa shape index (κ1) is 16.3. The molecule has 1 rings (SSSR count). The fourth-order valence-corrected chi connectivity index (χ4v) is 2.47. The number of benzene rings is 1. The highest BCUT2D eigenvalue weighted by Crippen LogP contribution is 2.37. The van der Waals surface area contributed by atoms with Crippen LogP contribution in [0.2, 0.25) is 0 Å². The molecule has 112 valence electrons. The second-order valence-electron chi connectivity index (χ2n) is 6.08. The highest BCUT2D eigenvalue weighted by atomic mass is 16.3. The summed E-state index contributed by atoms with van der Waals surface area (Å²) >= 11 is 0. The lowest BCUT2D eigenvalue weighted by atomic mass is 9.79. The Morgan fingerprint density at radius 3 is 2.60 bits per heavy atom. The second-order valence-corrected chi connectivity index (χ2v) is 6.08. The first-order valence-corrected chi connectivity index (χ1v) is 7.02. The average Bonchev–Trinajstić information content (AvgIpc) is 2.30. The van der Waals surface area contributed by atoms with Gasteiger partial charge in [-0.05, 0) is 43.4 Å². The van der Waals surface area contributed by atoms with Crippen LogP contribution in [0.1, 0.15) is 52.5 Å². The third kappa shape index (κ3) is 4.76. The van der Waals surface area contributed by atoms with E-state index < -0.39 is 0 Å². The number of phenols is 2. The van der Waals surface area contributed by atoms with Gasteiger partial charge in [-0.3, -0.25) is 4.79 Å². The Morgan fingerprint density at radius 1 is 1.35 bits per heavy atom. The molecule has 4 heteroatoms. The molecule has 1 unspecified atom stereocenters. The standard InChI is InChI=1S/C16H25NO3/c1-11(17-12(2)18)6-5-9-16(3,4)14-10-13(19)7-8-15(14)20/h7-8,10-11,19-20H,5-6,9H2,1-4H3,(H,17,18). The summed E-state index contributed by atoms with van der Waals surface area (Å²) in [6.07, 6.45) is 2.69. The maximum atomic E-state index is 10.9. The van der Waals surface area contributed by atoms with E-state index in [9.17, 15) is 15.0 Å². The summed E-state index contributed by atoms with van der Waals surface area (Å²) in [6.45, 7) is 7.60. The smallest absolute Gasteiger partial charge is 0.217 e. The zero-order chi connectivity index (χ0) is 15.3. The summed E-state index contributed by atoms with van der Waals surface area (Å²) in [5.41, 5.74) is 0.531. The lowest BCUT2D eigenvalue weighted by Crippen LogP contribution is -2.30. The van der Waals surface area contributed by atoms with Gasteiger partial charge < -0.3 is 15.5 Å². The van der Waals surface area contributed by atoms with E-state index in [2.05, 4.69) is 5.32 Å². The molecule has 0 fully saturated rings. The minimum absolute atomic E-state index is 0.0117. The van der Waals surface area contributed by atoms with Gasteiger partial charge in [-0.2, -0.15) is 0 Å². The molecule has 1 atom stereocenters. The summed E-state index contributed by atoms with van der Waals surface area (Å²) in [6, 6.07) is 4.77. The van der Waals surface area contributed by atoms with Crippen molar-refractivity contribution in [2.75, 3.05) is 0 Å². The molecule has 3 N–H and O–H groups in total. The molecular weight excluding hydrogens is 254 g/mol. The van der Waals surface area contributed by atoms with Crippen LogP contribution >= 0.6 is 0 Å². The molecule has 0 bridgehead atoms. The van der Waals surface area contributed by atoms with Crippen LogP contribution in [0, 0.1) is 0 Å². The van der Waals surface area contributed by atoms with Crippen molar-refractivity contribution >= 4 is 5.91 Å². The summed E-state index contributed by atoms with van der Waals surface area (Å²) in [5, 5.41) is 22.3. The predicted molar refractivity (Wildman–Crippen MR) is 79.9 cm³/mol. The molecule has 0 radical (unpaired) electrons. The zero-order valence-corrected chi connectivity index (χ0v) is 12.7. The minimum Gasteiger partial charge on any atom is -0.508 e. The zero-order valence-electron chi connectivity index (χ0n) is 12.7. The average molecular weight is 279 g/mol. The van der Waals surface area contributed by atoms with Gasteiger partial charge in [-0.25, -0.2) is 0 Å². The lowest BCUT2D eigenvalue weighted by Gasteiger charge is -2.27. The third-order valence-electron chi connectivity index (χ3n) is 3.60. The molecular formula is C16H25NO3. The molecule has 0 aromatic heterocycles. The predicted octanol–water partition coefficient (Wildman–Crippen LogP) is 3.07. The van der Waals surface area contributed by atoms with Gasteiger partial charge in [0.1, 0.15) is 11.5 Å². The Labute approximate surface area is 120 Å². The summed E-state index contributed by atoms with van der Waals surface area (Å²) in [7, 11) is 0. The molecule has 1 aromatic carbocycles. The van der Waals surface area contributed by atoms with Gasteiger partial charge in [0.15, 0.2) is 0 Å². The van der Waals surface area contributed by atoms with Crippen molar-refractivity contribution in [1.29, 1.82) is 0 Å². The number of amides is 1. The van der Waals surface area contributed by atoms with Gasteiger partial charge in [-0.1, -0.05) is 20.3 Å². The van der Waals surface area contributed by atoms with Crippen LogP contribution in [-0.2, 0) is 10.2 Å². The highest BCUT2D eigenvalue weighted by molar-refractivity contribution is 5.73. The largest absolute Gasteiger partial charge is 0.508 e. The van der Waals surface area contributed by atoms with E-state index in [4.69, 9.17) is 0 Å². The number of aromatic hydroxyl groups is 2. The second kappa shape index (κ2) is 6.64. The molecule has 0 saturated heterocycles. The molecule has 0 spiro atoms. The third-order valence-corrected chi connectivity index (χ3v) is 3.60. The van der Waals surface area contributed by atoms with Crippen molar-refractivity contribution in [2.45, 2.75) is 58.4 Å². The van der Waals surface area contributed by atoms with Crippen LogP contribution in [0.4, 0.5) is 0 Å². The number of carbonyl (C=O) groups excluding carboxylic acids is 1. The minimum atomic E-state index is -0.223. The van der Waals surface area contributed by atoms with E-state index in [1.807, 2.05) is 20.8 Å². The Kier molecular flexibility index (Phi) is 5.43. The summed E-state index contributed by atoms with van der Waals surface area (Å²) in [4.78, 5) is 10.9. The van der Waals surface area contributed by atoms with E-state index >= 15 is 0 Å². The number of carbonyl (C=O) groups is 1. The summed E-state index contributed by atoms with van der Waals surface area (Å²) < 4.78 is 0. The van der Waals surface area contributed by atoms with Crippen LogP contribution in [0.25, 0.3) is 0 Å². The van der Waals surface area contributed by atoms with Crippen molar-refractivity contribution < 1.29 is 15.0 Å². The Bertz CT molecular complexity index is 469. The molecule has 1 amide bonds. The van der Waals surface area contributed by atoms with E-state index in [1.165, 1.54) is 19.1 Å². The van der Waals surface area contributed by atoms with Crippen LogP contribution < -0.4 is 5.32 Å². The molecule has 1 aromatic rings. The number of rotatable bonds is 6. The number of hydrogen-bond donors (Lipinski definition) is 3. The topological polar surface area (TPSA) is 69.6 Å². The van der Waals surface area contributed by atoms with Gasteiger partial charge in [0, 0.05) is 18.5 Å². The fraction of sp³-hybridized carbons (Fsp3) is 0.562. The first-order chi connectivity index (χ1) is 9.22. The number of phenolic OH excluding ortho intramolecular Hbond substituents is 2. The maximum Gasteiger partial charge on any atom is 0.217 e. The van der Waals surface area contributed by atoms with Crippen molar-refractivity contribution in [3.05, 3.63) is 23.8 Å². The van der Waals surface area contributed by atoms with Gasteiger partial charge in [0.2, 0.25) is 5.91 Å². The normalized spacial score (nSPS) is 13.0. The van der Waals surface area contributed by atoms with Crippen molar-refractivity contribution in [1.82, 2.24) is 5.32 Å². The molecule has 0 heterocycles. The van der Waals surface area contributed by atoms with Gasteiger partial charge >= 0.3 is 0 Å². The van der Waals surface area contributed by atoms with Crippen molar-refractivity contribution in [3.8, 4) is 11.5 Å². The van der Waals surface area contributed by atoms with Crippen molar-refractivity contribution in [3.63, 3.8) is 0 Å². The Hall–Kier alpha value is -1.71. The molecule has 0 aliphatic carbocycles. The maximum absolute atomic E-state index is 10.9. The Morgan fingerprint density at radius 2 is 2.00 bits per heavy atom. The number of nitrogens with one attached hydrogen (secondary N) is 1. The fourth-order valence-electron chi connectivity index (χ4n) is 2.47. The molecule has 4 nitrogen and oxygen atoms in total. The highest BCUT2D eigenvalue weighted by Gasteiger charge is 2.24. The molecule has 0 aliphatic heterocycles. The van der Waals surface area contributed by atoms with Gasteiger partial charge in [-0.15, -0.1) is 0 Å². The quantitative estimate of drug-likeness (QED) is 0.701. The van der Waals surface area contributed by atoms with E-state index in [-0.39, 0.29) is 28.9 Å². The van der Waals surface area contributed by atoms with Gasteiger partial charge in [0.25, 0.3) is 0 Å². The van der Waals surface area contributed by atoms with Crippen LogP contribution in [-0.4, -0.2) is 22.2 Å². The van der Waals surface area contributed by atoms with Crippen LogP contribution in [0.3, 0.4) is 0 Å².